The maximum absolute atomic E-state index is 9.99. The number of rotatable bonds is 2. The van der Waals surface area contributed by atoms with E-state index in [1.807, 2.05) is 25.1 Å². The Hall–Kier alpha value is -1.12. The minimum absolute atomic E-state index is 0.604. The average molecular weight is 241 g/mol. The minimum atomic E-state index is 0.604. The molecule has 1 aromatic carbocycles. The topological polar surface area (TPSA) is 32.7 Å². The van der Waals surface area contributed by atoms with Crippen LogP contribution in [0.1, 0.15) is 0 Å². The van der Waals surface area contributed by atoms with Crippen molar-refractivity contribution >= 4 is 33.4 Å². The highest BCUT2D eigenvalue weighted by molar-refractivity contribution is 9.10. The normalized spacial score (nSPS) is 9.15. The summed E-state index contributed by atoms with van der Waals surface area (Å²) in [6.45, 7) is 0. The maximum Gasteiger partial charge on any atom is 0.240 e. The Bertz CT molecular complexity index is 357. The number of nitrogens with zero attached hydrogens (tertiary/aromatic N) is 2. The molecule has 0 fully saturated rings. The number of carbonyl (C=O) groups excluding carboxylic acids is 1. The quantitative estimate of drug-likeness (QED) is 0.588. The van der Waals surface area contributed by atoms with Crippen molar-refractivity contribution in [2.75, 3.05) is 19.0 Å². The SMILES string of the molecule is CN(C)c1ccc(N=C=O)cc1Br. The molecule has 3 nitrogen and oxygen atoms in total. The monoisotopic (exact) mass is 240 g/mol. The maximum atomic E-state index is 9.99. The Morgan fingerprint density at radius 1 is 1.46 bits per heavy atom. The van der Waals surface area contributed by atoms with Crippen LogP contribution < -0.4 is 4.90 Å². The van der Waals surface area contributed by atoms with Gasteiger partial charge in [-0.3, -0.25) is 0 Å². The molecule has 13 heavy (non-hydrogen) atoms. The Labute approximate surface area is 85.2 Å². The molecule has 0 unspecified atom stereocenters. The molecule has 1 aromatic rings. The zero-order valence-corrected chi connectivity index (χ0v) is 9.00. The molecule has 0 N–H and O–H groups in total. The second kappa shape index (κ2) is 4.21. The molecule has 0 aliphatic carbocycles. The molecule has 0 aliphatic heterocycles. The number of anilines is 1. The lowest BCUT2D eigenvalue weighted by Gasteiger charge is -2.14. The summed E-state index contributed by atoms with van der Waals surface area (Å²) in [5, 5.41) is 0. The molecule has 0 spiro atoms. The lowest BCUT2D eigenvalue weighted by atomic mass is 10.3. The Morgan fingerprint density at radius 3 is 2.62 bits per heavy atom. The summed E-state index contributed by atoms with van der Waals surface area (Å²) >= 11 is 3.39. The molecule has 0 bridgehead atoms. The third kappa shape index (κ3) is 2.41. The molecular weight excluding hydrogens is 232 g/mol. The first kappa shape index (κ1) is 9.96. The molecule has 0 atom stereocenters. The molecule has 0 amide bonds. The standard InChI is InChI=1S/C9H9BrN2O/c1-12(2)9-4-3-7(11-6-13)5-8(9)10/h3-5H,1-2H3. The first-order valence-corrected chi connectivity index (χ1v) is 4.49. The highest BCUT2D eigenvalue weighted by Crippen LogP contribution is 2.28. The highest BCUT2D eigenvalue weighted by Gasteiger charge is 2.01. The van der Waals surface area contributed by atoms with Crippen molar-refractivity contribution in [3.8, 4) is 0 Å². The fraction of sp³-hybridized carbons (Fsp3) is 0.222. The number of benzene rings is 1. The van der Waals surface area contributed by atoms with Crippen molar-refractivity contribution in [1.29, 1.82) is 0 Å². The van der Waals surface area contributed by atoms with Gasteiger partial charge in [-0.05, 0) is 34.1 Å². The number of halogens is 1. The van der Waals surface area contributed by atoms with Gasteiger partial charge in [-0.25, -0.2) is 4.79 Å². The number of aliphatic imine (C=N–C) groups is 1. The van der Waals surface area contributed by atoms with E-state index in [2.05, 4.69) is 20.9 Å². The minimum Gasteiger partial charge on any atom is -0.377 e. The van der Waals surface area contributed by atoms with E-state index in [1.54, 1.807) is 12.1 Å². The van der Waals surface area contributed by atoms with Crippen molar-refractivity contribution < 1.29 is 4.79 Å². The smallest absolute Gasteiger partial charge is 0.240 e. The Balaban J connectivity index is 3.12. The van der Waals surface area contributed by atoms with Crippen LogP contribution in [0.5, 0.6) is 0 Å². The summed E-state index contributed by atoms with van der Waals surface area (Å²) < 4.78 is 0.911. The highest BCUT2D eigenvalue weighted by atomic mass is 79.9. The van der Waals surface area contributed by atoms with E-state index in [0.717, 1.165) is 10.2 Å². The van der Waals surface area contributed by atoms with Crippen LogP contribution in [0.15, 0.2) is 27.7 Å². The van der Waals surface area contributed by atoms with Crippen LogP contribution in [-0.4, -0.2) is 20.2 Å². The van der Waals surface area contributed by atoms with E-state index in [0.29, 0.717) is 5.69 Å². The largest absolute Gasteiger partial charge is 0.377 e. The van der Waals surface area contributed by atoms with Gasteiger partial charge in [0, 0.05) is 18.6 Å². The first-order valence-electron chi connectivity index (χ1n) is 3.70. The lowest BCUT2D eigenvalue weighted by molar-refractivity contribution is 0.565. The van der Waals surface area contributed by atoms with Crippen molar-refractivity contribution in [3.05, 3.63) is 22.7 Å². The van der Waals surface area contributed by atoms with E-state index in [-0.39, 0.29) is 0 Å². The third-order valence-electron chi connectivity index (χ3n) is 1.59. The van der Waals surface area contributed by atoms with Gasteiger partial charge in [0.25, 0.3) is 0 Å². The summed E-state index contributed by atoms with van der Waals surface area (Å²) in [6, 6.07) is 5.44. The fourth-order valence-corrected chi connectivity index (χ4v) is 1.70. The summed E-state index contributed by atoms with van der Waals surface area (Å²) in [7, 11) is 3.89. The van der Waals surface area contributed by atoms with Crippen molar-refractivity contribution in [3.63, 3.8) is 0 Å². The molecule has 68 valence electrons. The van der Waals surface area contributed by atoms with Gasteiger partial charge in [0.1, 0.15) is 0 Å². The van der Waals surface area contributed by atoms with E-state index < -0.39 is 0 Å². The van der Waals surface area contributed by atoms with Crippen LogP contribution in [0.3, 0.4) is 0 Å². The van der Waals surface area contributed by atoms with E-state index in [4.69, 9.17) is 0 Å². The second-order valence-corrected chi connectivity index (χ2v) is 3.59. The van der Waals surface area contributed by atoms with Gasteiger partial charge < -0.3 is 4.90 Å². The number of hydrogen-bond donors (Lipinski definition) is 0. The summed E-state index contributed by atoms with van der Waals surface area (Å²) in [6.07, 6.45) is 1.50. The third-order valence-corrected chi connectivity index (χ3v) is 2.22. The summed E-state index contributed by atoms with van der Waals surface area (Å²) in [4.78, 5) is 15.5. The summed E-state index contributed by atoms with van der Waals surface area (Å²) in [5.41, 5.74) is 1.65. The number of isocyanates is 1. The fourth-order valence-electron chi connectivity index (χ4n) is 0.981. The summed E-state index contributed by atoms with van der Waals surface area (Å²) in [5.74, 6) is 0. The predicted molar refractivity (Wildman–Crippen MR) is 56.3 cm³/mol. The lowest BCUT2D eigenvalue weighted by Crippen LogP contribution is -2.08. The van der Waals surface area contributed by atoms with Crippen LogP contribution >= 0.6 is 15.9 Å². The van der Waals surface area contributed by atoms with Gasteiger partial charge in [-0.1, -0.05) is 0 Å². The molecule has 0 saturated heterocycles. The van der Waals surface area contributed by atoms with Crippen molar-refractivity contribution in [2.24, 2.45) is 4.99 Å². The van der Waals surface area contributed by atoms with Gasteiger partial charge in [0.2, 0.25) is 6.08 Å². The van der Waals surface area contributed by atoms with Crippen LogP contribution in [-0.2, 0) is 4.79 Å². The molecule has 0 radical (unpaired) electrons. The van der Waals surface area contributed by atoms with Gasteiger partial charge in [0.15, 0.2) is 0 Å². The molecule has 0 heterocycles. The molecule has 0 aliphatic rings. The van der Waals surface area contributed by atoms with Crippen molar-refractivity contribution in [1.82, 2.24) is 0 Å². The van der Waals surface area contributed by atoms with Crippen LogP contribution in [0.2, 0.25) is 0 Å². The van der Waals surface area contributed by atoms with Gasteiger partial charge >= 0.3 is 0 Å². The van der Waals surface area contributed by atoms with Gasteiger partial charge in [-0.2, -0.15) is 4.99 Å². The Kier molecular flexibility index (Phi) is 3.23. The van der Waals surface area contributed by atoms with Gasteiger partial charge in [-0.15, -0.1) is 0 Å². The first-order chi connectivity index (χ1) is 6.15. The van der Waals surface area contributed by atoms with Crippen molar-refractivity contribution in [2.45, 2.75) is 0 Å². The average Bonchev–Trinajstić information content (AvgIpc) is 2.04. The van der Waals surface area contributed by atoms with Crippen LogP contribution in [0.25, 0.3) is 0 Å². The molecule has 0 aromatic heterocycles. The molecular formula is C9H9BrN2O. The van der Waals surface area contributed by atoms with Gasteiger partial charge in [0.05, 0.1) is 11.4 Å². The second-order valence-electron chi connectivity index (χ2n) is 2.73. The zero-order valence-electron chi connectivity index (χ0n) is 7.41. The Morgan fingerprint density at radius 2 is 2.15 bits per heavy atom. The molecule has 0 saturated carbocycles. The van der Waals surface area contributed by atoms with E-state index >= 15 is 0 Å². The molecule has 4 heteroatoms. The van der Waals surface area contributed by atoms with E-state index in [9.17, 15) is 4.79 Å². The van der Waals surface area contributed by atoms with Crippen LogP contribution in [0.4, 0.5) is 11.4 Å². The predicted octanol–water partition coefficient (Wildman–Crippen LogP) is 2.48. The molecule has 1 rings (SSSR count). The van der Waals surface area contributed by atoms with Crippen LogP contribution in [0, 0.1) is 0 Å². The zero-order chi connectivity index (χ0) is 9.84. The number of hydrogen-bond acceptors (Lipinski definition) is 3. The van der Waals surface area contributed by atoms with E-state index in [1.165, 1.54) is 6.08 Å².